The van der Waals surface area contributed by atoms with Gasteiger partial charge in [-0.05, 0) is 32.9 Å². The average molecular weight is 260 g/mol. The lowest BCUT2D eigenvalue weighted by Gasteiger charge is -2.10. The Hall–Kier alpha value is -1.97. The highest BCUT2D eigenvalue weighted by Crippen LogP contribution is 2.22. The first-order valence-corrected chi connectivity index (χ1v) is 6.40. The molecule has 0 N–H and O–H groups in total. The number of rotatable bonds is 5. The van der Waals surface area contributed by atoms with Gasteiger partial charge in [-0.2, -0.15) is 5.10 Å². The monoisotopic (exact) mass is 260 g/mol. The zero-order chi connectivity index (χ0) is 13.8. The first kappa shape index (κ1) is 13.5. The topological polar surface area (TPSA) is 36.3 Å². The third kappa shape index (κ3) is 3.28. The summed E-state index contributed by atoms with van der Waals surface area (Å²) in [6, 6.07) is 6.40. The van der Waals surface area contributed by atoms with Gasteiger partial charge < -0.3 is 9.47 Å². The van der Waals surface area contributed by atoms with Crippen molar-refractivity contribution in [1.82, 2.24) is 9.78 Å². The maximum Gasteiger partial charge on any atom is 0.157 e. The maximum atomic E-state index is 5.76. The van der Waals surface area contributed by atoms with E-state index in [1.165, 1.54) is 5.56 Å². The molecule has 0 aliphatic heterocycles. The molecule has 0 radical (unpaired) electrons. The standard InChI is InChI=1S/C15H20N2O2/c1-11(2)17-9-14(8-16-17)19-10-13-7-12(3)5-6-15(13)18-4/h5-9,11H,10H2,1-4H3. The van der Waals surface area contributed by atoms with E-state index < -0.39 is 0 Å². The number of benzene rings is 1. The van der Waals surface area contributed by atoms with Crippen LogP contribution in [0.4, 0.5) is 0 Å². The van der Waals surface area contributed by atoms with Gasteiger partial charge in [0.05, 0.1) is 19.5 Å². The van der Waals surface area contributed by atoms with Crippen LogP contribution in [0.3, 0.4) is 0 Å². The van der Waals surface area contributed by atoms with Crippen molar-refractivity contribution in [1.29, 1.82) is 0 Å². The van der Waals surface area contributed by atoms with E-state index in [1.807, 2.05) is 23.0 Å². The van der Waals surface area contributed by atoms with Crippen LogP contribution in [-0.2, 0) is 6.61 Å². The Labute approximate surface area is 114 Å². The fourth-order valence-corrected chi connectivity index (χ4v) is 1.86. The van der Waals surface area contributed by atoms with Crippen molar-refractivity contribution in [2.24, 2.45) is 0 Å². The first-order chi connectivity index (χ1) is 9.10. The lowest BCUT2D eigenvalue weighted by molar-refractivity contribution is 0.296. The molecule has 102 valence electrons. The molecule has 0 fully saturated rings. The van der Waals surface area contributed by atoms with E-state index in [4.69, 9.17) is 9.47 Å². The molecule has 4 nitrogen and oxygen atoms in total. The first-order valence-electron chi connectivity index (χ1n) is 6.40. The van der Waals surface area contributed by atoms with Gasteiger partial charge in [0, 0.05) is 11.6 Å². The van der Waals surface area contributed by atoms with E-state index >= 15 is 0 Å². The van der Waals surface area contributed by atoms with E-state index in [-0.39, 0.29) is 0 Å². The molecular formula is C15H20N2O2. The van der Waals surface area contributed by atoms with Gasteiger partial charge in [-0.15, -0.1) is 0 Å². The summed E-state index contributed by atoms with van der Waals surface area (Å²) in [6.07, 6.45) is 3.65. The molecule has 2 rings (SSSR count). The molecular weight excluding hydrogens is 240 g/mol. The van der Waals surface area contributed by atoms with Crippen LogP contribution in [0.5, 0.6) is 11.5 Å². The highest BCUT2D eigenvalue weighted by Gasteiger charge is 2.06. The fraction of sp³-hybridized carbons (Fsp3) is 0.400. The van der Waals surface area contributed by atoms with Gasteiger partial charge in [0.2, 0.25) is 0 Å². The van der Waals surface area contributed by atoms with E-state index in [2.05, 4.69) is 31.9 Å². The zero-order valence-electron chi connectivity index (χ0n) is 11.9. The third-order valence-electron chi connectivity index (χ3n) is 2.94. The second-order valence-corrected chi connectivity index (χ2v) is 4.85. The van der Waals surface area contributed by atoms with Gasteiger partial charge in [-0.25, -0.2) is 0 Å². The van der Waals surface area contributed by atoms with Crippen LogP contribution < -0.4 is 9.47 Å². The zero-order valence-corrected chi connectivity index (χ0v) is 11.9. The lowest BCUT2D eigenvalue weighted by Crippen LogP contribution is -2.00. The van der Waals surface area contributed by atoms with Gasteiger partial charge in [-0.1, -0.05) is 11.6 Å². The Balaban J connectivity index is 2.07. The number of ether oxygens (including phenoxy) is 2. The molecule has 0 spiro atoms. The second kappa shape index (κ2) is 5.78. The van der Waals surface area contributed by atoms with Crippen LogP contribution >= 0.6 is 0 Å². The SMILES string of the molecule is COc1ccc(C)cc1COc1cnn(C(C)C)c1. The Morgan fingerprint density at radius 1 is 1.32 bits per heavy atom. The molecule has 0 aliphatic carbocycles. The van der Waals surface area contributed by atoms with Crippen LogP contribution in [0.2, 0.25) is 0 Å². The molecule has 2 aromatic rings. The van der Waals surface area contributed by atoms with E-state index in [0.717, 1.165) is 17.1 Å². The van der Waals surface area contributed by atoms with Crippen LogP contribution in [-0.4, -0.2) is 16.9 Å². The summed E-state index contributed by atoms with van der Waals surface area (Å²) in [5, 5.41) is 4.25. The number of aryl methyl sites for hydroxylation is 1. The maximum absolute atomic E-state index is 5.76. The van der Waals surface area contributed by atoms with Gasteiger partial charge >= 0.3 is 0 Å². The Kier molecular flexibility index (Phi) is 4.10. The van der Waals surface area contributed by atoms with E-state index in [1.54, 1.807) is 13.3 Å². The second-order valence-electron chi connectivity index (χ2n) is 4.85. The summed E-state index contributed by atoms with van der Waals surface area (Å²) in [7, 11) is 1.67. The number of nitrogens with zero attached hydrogens (tertiary/aromatic N) is 2. The molecule has 0 amide bonds. The summed E-state index contributed by atoms with van der Waals surface area (Å²) in [4.78, 5) is 0. The molecule has 0 aliphatic rings. The molecule has 0 bridgehead atoms. The quantitative estimate of drug-likeness (QED) is 0.827. The minimum atomic E-state index is 0.339. The summed E-state index contributed by atoms with van der Waals surface area (Å²) in [6.45, 7) is 6.70. The van der Waals surface area contributed by atoms with Crippen molar-refractivity contribution >= 4 is 0 Å². The van der Waals surface area contributed by atoms with Crippen molar-refractivity contribution in [3.05, 3.63) is 41.7 Å². The predicted molar refractivity (Wildman–Crippen MR) is 74.7 cm³/mol. The Morgan fingerprint density at radius 2 is 2.11 bits per heavy atom. The summed E-state index contributed by atoms with van der Waals surface area (Å²) < 4.78 is 13.0. The van der Waals surface area contributed by atoms with Crippen molar-refractivity contribution in [3.63, 3.8) is 0 Å². The van der Waals surface area contributed by atoms with Crippen molar-refractivity contribution in [3.8, 4) is 11.5 Å². The number of hydrogen-bond donors (Lipinski definition) is 0. The number of hydrogen-bond acceptors (Lipinski definition) is 3. The fourth-order valence-electron chi connectivity index (χ4n) is 1.86. The Bertz CT molecular complexity index is 547. The Morgan fingerprint density at radius 3 is 2.74 bits per heavy atom. The van der Waals surface area contributed by atoms with E-state index in [9.17, 15) is 0 Å². The molecule has 1 aromatic heterocycles. The highest BCUT2D eigenvalue weighted by molar-refractivity contribution is 5.36. The van der Waals surface area contributed by atoms with Crippen molar-refractivity contribution in [2.45, 2.75) is 33.4 Å². The molecule has 0 atom stereocenters. The van der Waals surface area contributed by atoms with Crippen molar-refractivity contribution < 1.29 is 9.47 Å². The van der Waals surface area contributed by atoms with Crippen LogP contribution in [0.25, 0.3) is 0 Å². The van der Waals surface area contributed by atoms with Gasteiger partial charge in [0.25, 0.3) is 0 Å². The number of aromatic nitrogens is 2. The predicted octanol–water partition coefficient (Wildman–Crippen LogP) is 3.36. The van der Waals surface area contributed by atoms with Crippen LogP contribution in [0, 0.1) is 6.92 Å². The lowest BCUT2D eigenvalue weighted by atomic mass is 10.1. The average Bonchev–Trinajstić information content (AvgIpc) is 2.85. The van der Waals surface area contributed by atoms with Gasteiger partial charge in [0.15, 0.2) is 5.75 Å². The summed E-state index contributed by atoms with van der Waals surface area (Å²) in [5.74, 6) is 1.62. The summed E-state index contributed by atoms with van der Waals surface area (Å²) in [5.41, 5.74) is 2.23. The normalized spacial score (nSPS) is 10.8. The highest BCUT2D eigenvalue weighted by atomic mass is 16.5. The van der Waals surface area contributed by atoms with Gasteiger partial charge in [0.1, 0.15) is 12.4 Å². The molecule has 19 heavy (non-hydrogen) atoms. The number of methoxy groups -OCH3 is 1. The molecule has 0 unspecified atom stereocenters. The smallest absolute Gasteiger partial charge is 0.157 e. The molecule has 0 saturated carbocycles. The summed E-state index contributed by atoms with van der Waals surface area (Å²) >= 11 is 0. The third-order valence-corrected chi connectivity index (χ3v) is 2.94. The van der Waals surface area contributed by atoms with Crippen LogP contribution in [0.15, 0.2) is 30.6 Å². The van der Waals surface area contributed by atoms with Crippen LogP contribution in [0.1, 0.15) is 31.0 Å². The van der Waals surface area contributed by atoms with E-state index in [0.29, 0.717) is 12.6 Å². The minimum absolute atomic E-state index is 0.339. The molecule has 1 aromatic carbocycles. The molecule has 4 heteroatoms. The minimum Gasteiger partial charge on any atom is -0.496 e. The molecule has 0 saturated heterocycles. The largest absolute Gasteiger partial charge is 0.496 e. The van der Waals surface area contributed by atoms with Crippen molar-refractivity contribution in [2.75, 3.05) is 7.11 Å². The van der Waals surface area contributed by atoms with Gasteiger partial charge in [-0.3, -0.25) is 4.68 Å². The molecule has 1 heterocycles.